The lowest BCUT2D eigenvalue weighted by Gasteiger charge is -2.66. The zero-order valence-corrected chi connectivity index (χ0v) is 18.5. The molecule has 3 unspecified atom stereocenters. The van der Waals surface area contributed by atoms with Crippen LogP contribution in [0.3, 0.4) is 0 Å². The molecule has 3 atom stereocenters. The van der Waals surface area contributed by atoms with Crippen LogP contribution in [0.25, 0.3) is 0 Å². The van der Waals surface area contributed by atoms with Crippen LogP contribution in [0.4, 0.5) is 0 Å². The van der Waals surface area contributed by atoms with Gasteiger partial charge in [0.25, 0.3) is 0 Å². The Morgan fingerprint density at radius 1 is 1.20 bits per heavy atom. The molecule has 0 spiro atoms. The average Bonchev–Trinajstić information content (AvgIpc) is 3.20. The van der Waals surface area contributed by atoms with Crippen LogP contribution < -0.4 is 5.32 Å². The van der Waals surface area contributed by atoms with Crippen molar-refractivity contribution in [3.8, 4) is 0 Å². The van der Waals surface area contributed by atoms with Crippen molar-refractivity contribution in [1.29, 1.82) is 0 Å². The number of hydrogen-bond donors (Lipinski definition) is 2. The highest BCUT2D eigenvalue weighted by Crippen LogP contribution is 2.71. The van der Waals surface area contributed by atoms with Crippen LogP contribution in [0.15, 0.2) is 12.2 Å². The van der Waals surface area contributed by atoms with E-state index in [9.17, 15) is 19.5 Å². The van der Waals surface area contributed by atoms with Gasteiger partial charge in [-0.3, -0.25) is 19.3 Å². The minimum absolute atomic E-state index is 0.0563. The van der Waals surface area contributed by atoms with Gasteiger partial charge in [0.15, 0.2) is 10.5 Å². The van der Waals surface area contributed by atoms with Gasteiger partial charge < -0.3 is 10.4 Å². The van der Waals surface area contributed by atoms with E-state index in [1.165, 1.54) is 4.90 Å². The van der Waals surface area contributed by atoms with E-state index in [0.717, 1.165) is 44.9 Å². The van der Waals surface area contributed by atoms with Gasteiger partial charge in [-0.25, -0.2) is 0 Å². The maximum atomic E-state index is 14.0. The number of carbonyl (C=O) groups is 3. The molecule has 5 aliphatic carbocycles. The monoisotopic (exact) mass is 430 g/mol. The van der Waals surface area contributed by atoms with Gasteiger partial charge in [0.05, 0.1) is 5.41 Å². The van der Waals surface area contributed by atoms with E-state index in [1.807, 2.05) is 12.2 Å². The third-order valence-corrected chi connectivity index (χ3v) is 9.79. The van der Waals surface area contributed by atoms with E-state index in [1.54, 1.807) is 14.0 Å². The molecule has 5 fully saturated rings. The Bertz CT molecular complexity index is 847. The Labute approximate surface area is 182 Å². The Hall–Kier alpha value is -1.76. The number of carboxylic acid groups (broad SMARTS) is 1. The highest BCUT2D eigenvalue weighted by atomic mass is 32.1. The van der Waals surface area contributed by atoms with Gasteiger partial charge in [0.1, 0.15) is 0 Å². The molecule has 6 nitrogen and oxygen atoms in total. The van der Waals surface area contributed by atoms with Crippen molar-refractivity contribution in [2.45, 2.75) is 58.3 Å². The van der Waals surface area contributed by atoms with Crippen LogP contribution in [0, 0.1) is 39.9 Å². The standard InChI is InChI=1S/C23H30N2O4S/c1-21(19(28)29,22-10-13-7-14(11-22)9-15(8-13)12-22)23(16-5-3-4-6-16)17(26)24-20(30)25(2)18(23)27/h3,5,13-16H,4,6-12H2,1-2H3,(H,28,29)(H,24,26,30). The lowest BCUT2D eigenvalue weighted by atomic mass is 9.36. The van der Waals surface area contributed by atoms with Crippen molar-refractivity contribution in [3.05, 3.63) is 12.2 Å². The molecule has 1 heterocycles. The first-order valence-electron chi connectivity index (χ1n) is 11.2. The van der Waals surface area contributed by atoms with E-state index < -0.39 is 39.9 Å². The molecule has 1 saturated heterocycles. The van der Waals surface area contributed by atoms with Gasteiger partial charge in [-0.05, 0) is 93.7 Å². The SMILES string of the molecule is CN1C(=O)C(C2C=CCC2)(C(C)(C(=O)O)C23CC4CC(CC(C4)C2)C3)C(=O)NC1=S. The summed E-state index contributed by atoms with van der Waals surface area (Å²) in [5.41, 5.74) is -3.73. The maximum absolute atomic E-state index is 14.0. The lowest BCUT2D eigenvalue weighted by Crippen LogP contribution is -2.75. The van der Waals surface area contributed by atoms with Crippen LogP contribution in [-0.2, 0) is 14.4 Å². The van der Waals surface area contributed by atoms with E-state index in [4.69, 9.17) is 12.2 Å². The van der Waals surface area contributed by atoms with Crippen molar-refractivity contribution >= 4 is 35.1 Å². The number of amides is 2. The summed E-state index contributed by atoms with van der Waals surface area (Å²) < 4.78 is 0. The predicted molar refractivity (Wildman–Crippen MR) is 114 cm³/mol. The number of nitrogens with zero attached hydrogens (tertiary/aromatic N) is 1. The number of carboxylic acids is 1. The van der Waals surface area contributed by atoms with Crippen LogP contribution >= 0.6 is 12.2 Å². The van der Waals surface area contributed by atoms with Gasteiger partial charge in [0.2, 0.25) is 11.8 Å². The summed E-state index contributed by atoms with van der Waals surface area (Å²) in [5, 5.41) is 13.6. The summed E-state index contributed by atoms with van der Waals surface area (Å²) in [6.07, 6.45) is 11.1. The fourth-order valence-corrected chi connectivity index (χ4v) is 8.58. The second kappa shape index (κ2) is 6.38. The maximum Gasteiger partial charge on any atom is 0.311 e. The highest BCUT2D eigenvalue weighted by Gasteiger charge is 2.76. The largest absolute Gasteiger partial charge is 0.481 e. The molecule has 2 amide bonds. The van der Waals surface area contributed by atoms with Gasteiger partial charge in [-0.2, -0.15) is 0 Å². The number of hydrogen-bond acceptors (Lipinski definition) is 4. The first-order chi connectivity index (χ1) is 14.2. The van der Waals surface area contributed by atoms with Crippen LogP contribution in [0.1, 0.15) is 58.3 Å². The topological polar surface area (TPSA) is 86.7 Å². The Morgan fingerprint density at radius 3 is 2.23 bits per heavy atom. The summed E-state index contributed by atoms with van der Waals surface area (Å²) >= 11 is 5.22. The number of aliphatic carboxylic acids is 1. The summed E-state index contributed by atoms with van der Waals surface area (Å²) in [6, 6.07) is 0. The summed E-state index contributed by atoms with van der Waals surface area (Å²) in [6.45, 7) is 1.72. The molecule has 4 bridgehead atoms. The first kappa shape index (κ1) is 20.2. The van der Waals surface area contributed by atoms with Crippen LogP contribution in [0.5, 0.6) is 0 Å². The van der Waals surface area contributed by atoms with Gasteiger partial charge in [0, 0.05) is 13.0 Å². The van der Waals surface area contributed by atoms with Gasteiger partial charge >= 0.3 is 5.97 Å². The molecule has 2 N–H and O–H groups in total. The van der Waals surface area contributed by atoms with E-state index >= 15 is 0 Å². The molecule has 30 heavy (non-hydrogen) atoms. The van der Waals surface area contributed by atoms with Crippen LogP contribution in [0.2, 0.25) is 0 Å². The Kier molecular flexibility index (Phi) is 4.28. The normalized spacial score (nSPS) is 44.3. The molecular formula is C23H30N2O4S. The molecule has 6 rings (SSSR count). The molecular weight excluding hydrogens is 400 g/mol. The molecule has 4 saturated carbocycles. The number of thiocarbonyl (C=S) groups is 1. The van der Waals surface area contributed by atoms with E-state index in [0.29, 0.717) is 24.2 Å². The number of carbonyl (C=O) groups excluding carboxylic acids is 2. The number of nitrogens with one attached hydrogen (secondary N) is 1. The molecule has 1 aliphatic heterocycles. The number of allylic oxidation sites excluding steroid dienone is 2. The Balaban J connectivity index is 1.75. The fraction of sp³-hybridized carbons (Fsp3) is 0.739. The van der Waals surface area contributed by atoms with E-state index in [2.05, 4.69) is 5.32 Å². The van der Waals surface area contributed by atoms with Crippen molar-refractivity contribution in [2.24, 2.45) is 39.9 Å². The summed E-state index contributed by atoms with van der Waals surface area (Å²) in [4.78, 5) is 42.3. The first-order valence-corrected chi connectivity index (χ1v) is 11.6. The number of rotatable bonds is 4. The molecule has 162 valence electrons. The quantitative estimate of drug-likeness (QED) is 0.407. The van der Waals surface area contributed by atoms with Gasteiger partial charge in [-0.15, -0.1) is 0 Å². The smallest absolute Gasteiger partial charge is 0.311 e. The predicted octanol–water partition coefficient (Wildman–Crippen LogP) is 3.12. The molecule has 0 radical (unpaired) electrons. The molecule has 6 aliphatic rings. The third-order valence-electron chi connectivity index (χ3n) is 9.41. The fourth-order valence-electron chi connectivity index (χ4n) is 8.40. The molecule has 0 aromatic rings. The second-order valence-electron chi connectivity index (χ2n) is 10.7. The minimum atomic E-state index is -1.69. The highest BCUT2D eigenvalue weighted by molar-refractivity contribution is 7.80. The van der Waals surface area contributed by atoms with Crippen molar-refractivity contribution in [2.75, 3.05) is 7.05 Å². The molecule has 0 aromatic carbocycles. The molecule has 0 aromatic heterocycles. The van der Waals surface area contributed by atoms with Crippen LogP contribution in [-0.4, -0.2) is 40.0 Å². The van der Waals surface area contributed by atoms with Gasteiger partial charge in [-0.1, -0.05) is 12.2 Å². The molecule has 7 heteroatoms. The lowest BCUT2D eigenvalue weighted by molar-refractivity contribution is -0.214. The second-order valence-corrected chi connectivity index (χ2v) is 11.1. The summed E-state index contributed by atoms with van der Waals surface area (Å²) in [5.74, 6) is -0.912. The zero-order valence-electron chi connectivity index (χ0n) is 17.6. The van der Waals surface area contributed by atoms with E-state index in [-0.39, 0.29) is 5.11 Å². The van der Waals surface area contributed by atoms with Crippen molar-refractivity contribution < 1.29 is 19.5 Å². The van der Waals surface area contributed by atoms with Crippen molar-refractivity contribution in [3.63, 3.8) is 0 Å². The minimum Gasteiger partial charge on any atom is -0.481 e. The van der Waals surface area contributed by atoms with Crippen molar-refractivity contribution in [1.82, 2.24) is 10.2 Å². The average molecular weight is 431 g/mol. The third kappa shape index (κ3) is 2.25. The summed E-state index contributed by atoms with van der Waals surface area (Å²) in [7, 11) is 1.56. The zero-order chi connectivity index (χ0) is 21.5. The Morgan fingerprint density at radius 2 is 1.77 bits per heavy atom.